The molecule has 1 amide bonds. The number of carbonyl (C=O) groups is 1. The fraction of sp³-hybridized carbons (Fsp3) is 0.323. The molecule has 2 aromatic heterocycles. The number of pyridine rings is 1. The normalized spacial score (nSPS) is 14.8. The van der Waals surface area contributed by atoms with Crippen LogP contribution in [0.4, 0.5) is 5.95 Å². The van der Waals surface area contributed by atoms with Crippen molar-refractivity contribution in [2.45, 2.75) is 33.2 Å². The lowest BCUT2D eigenvalue weighted by atomic mass is 9.94. The lowest BCUT2D eigenvalue weighted by molar-refractivity contribution is 0.0827. The number of aryl methyl sites for hydroxylation is 1. The molecule has 0 aliphatic carbocycles. The quantitative estimate of drug-likeness (QED) is 0.465. The second kappa shape index (κ2) is 12.0. The average molecular weight is 522 g/mol. The summed E-state index contributed by atoms with van der Waals surface area (Å²) in [6, 6.07) is 12.2. The number of nitrogens with zero attached hydrogens (tertiary/aromatic N) is 6. The summed E-state index contributed by atoms with van der Waals surface area (Å²) in [5, 5.41) is 12.6. The number of nitrogens with one attached hydrogen (secondary N) is 1. The van der Waals surface area contributed by atoms with Gasteiger partial charge >= 0.3 is 0 Å². The minimum atomic E-state index is 0.0137. The van der Waals surface area contributed by atoms with Gasteiger partial charge in [0.15, 0.2) is 5.69 Å². The van der Waals surface area contributed by atoms with E-state index < -0.39 is 0 Å². The Balaban J connectivity index is 1.54. The predicted octanol–water partition coefficient (Wildman–Crippen LogP) is 5.04. The van der Waals surface area contributed by atoms with E-state index >= 15 is 0 Å². The molecule has 0 saturated carbocycles. The summed E-state index contributed by atoms with van der Waals surface area (Å²) < 4.78 is 0. The maximum atomic E-state index is 12.2. The lowest BCUT2D eigenvalue weighted by Gasteiger charge is -2.33. The van der Waals surface area contributed by atoms with Crippen LogP contribution >= 0.6 is 0 Å². The van der Waals surface area contributed by atoms with Gasteiger partial charge in [-0.25, -0.2) is 9.97 Å². The second-order valence-electron chi connectivity index (χ2n) is 9.99. The van der Waals surface area contributed by atoms with Gasteiger partial charge in [-0.2, -0.15) is 5.26 Å². The summed E-state index contributed by atoms with van der Waals surface area (Å²) in [7, 11) is 5.26. The van der Waals surface area contributed by atoms with Gasteiger partial charge in [-0.15, -0.1) is 0 Å². The Labute approximate surface area is 230 Å². The van der Waals surface area contributed by atoms with E-state index in [1.165, 1.54) is 16.7 Å². The summed E-state index contributed by atoms with van der Waals surface area (Å²) in [5.41, 5.74) is 8.16. The van der Waals surface area contributed by atoms with Crippen molar-refractivity contribution in [1.82, 2.24) is 24.8 Å². The van der Waals surface area contributed by atoms with Crippen LogP contribution in [-0.2, 0) is 0 Å². The first-order valence-corrected chi connectivity index (χ1v) is 13.1. The van der Waals surface area contributed by atoms with Crippen LogP contribution in [0.2, 0.25) is 0 Å². The first kappa shape index (κ1) is 27.7. The standard InChI is InChI=1S/C31H35N7O/c1-20(17-27-21(2)34-14-11-26(27)28-19-35-31(33-4)36-29(28)18-32)22(3)38-15-12-24(13-16-38)23-7-9-25(10-8-23)30(39)37(5)6/h7-12,14,17,19,22H,13,15-16H2,1-6H3,(H,33,35,36)/b20-17+. The highest BCUT2D eigenvalue weighted by molar-refractivity contribution is 5.94. The Bertz CT molecular complexity index is 1470. The number of benzene rings is 1. The Morgan fingerprint density at radius 3 is 2.54 bits per heavy atom. The van der Waals surface area contributed by atoms with Crippen LogP contribution in [0.1, 0.15) is 53.1 Å². The van der Waals surface area contributed by atoms with Crippen molar-refractivity contribution in [3.8, 4) is 17.2 Å². The van der Waals surface area contributed by atoms with E-state index in [-0.39, 0.29) is 11.9 Å². The number of aromatic nitrogens is 3. The zero-order valence-corrected chi connectivity index (χ0v) is 23.5. The molecular weight excluding hydrogens is 486 g/mol. The molecule has 8 heteroatoms. The molecule has 1 unspecified atom stereocenters. The summed E-state index contributed by atoms with van der Waals surface area (Å²) in [6.45, 7) is 8.13. The fourth-order valence-electron chi connectivity index (χ4n) is 4.80. The molecule has 0 saturated heterocycles. The van der Waals surface area contributed by atoms with Crippen LogP contribution < -0.4 is 5.32 Å². The Hall–Kier alpha value is -4.35. The van der Waals surface area contributed by atoms with E-state index in [2.05, 4.69) is 57.2 Å². The number of carbonyl (C=O) groups excluding carboxylic acids is 1. The van der Waals surface area contributed by atoms with Crippen molar-refractivity contribution in [3.05, 3.63) is 82.5 Å². The van der Waals surface area contributed by atoms with Crippen molar-refractivity contribution < 1.29 is 4.79 Å². The molecule has 3 aromatic rings. The summed E-state index contributed by atoms with van der Waals surface area (Å²) in [5.74, 6) is 0.429. The summed E-state index contributed by atoms with van der Waals surface area (Å²) >= 11 is 0. The predicted molar refractivity (Wildman–Crippen MR) is 156 cm³/mol. The van der Waals surface area contributed by atoms with E-state index in [4.69, 9.17) is 0 Å². The van der Waals surface area contributed by atoms with Crippen LogP contribution in [0.3, 0.4) is 0 Å². The first-order valence-electron chi connectivity index (χ1n) is 13.1. The van der Waals surface area contributed by atoms with Crippen molar-refractivity contribution >= 4 is 23.5 Å². The third-order valence-electron chi connectivity index (χ3n) is 7.33. The number of hydrogen-bond acceptors (Lipinski definition) is 7. The number of nitriles is 1. The maximum absolute atomic E-state index is 12.2. The number of anilines is 1. The monoisotopic (exact) mass is 521 g/mol. The first-order chi connectivity index (χ1) is 18.7. The number of amides is 1. The highest BCUT2D eigenvalue weighted by atomic mass is 16.2. The number of rotatable bonds is 7. The van der Waals surface area contributed by atoms with Crippen molar-refractivity contribution in [3.63, 3.8) is 0 Å². The van der Waals surface area contributed by atoms with Crippen LogP contribution in [0.25, 0.3) is 22.8 Å². The molecule has 200 valence electrons. The van der Waals surface area contributed by atoms with Crippen LogP contribution in [-0.4, -0.2) is 70.9 Å². The molecule has 1 aromatic carbocycles. The smallest absolute Gasteiger partial charge is 0.253 e. The molecule has 0 spiro atoms. The molecule has 1 atom stereocenters. The van der Waals surface area contributed by atoms with Gasteiger partial charge in [0.2, 0.25) is 5.95 Å². The van der Waals surface area contributed by atoms with Crippen LogP contribution in [0.15, 0.2) is 54.4 Å². The van der Waals surface area contributed by atoms with Gasteiger partial charge < -0.3 is 10.2 Å². The summed E-state index contributed by atoms with van der Waals surface area (Å²) in [6.07, 6.45) is 8.86. The van der Waals surface area contributed by atoms with Crippen molar-refractivity contribution in [1.29, 1.82) is 5.26 Å². The minimum Gasteiger partial charge on any atom is -0.357 e. The van der Waals surface area contributed by atoms with Gasteiger partial charge in [-0.05, 0) is 62.1 Å². The van der Waals surface area contributed by atoms with E-state index in [1.807, 2.05) is 37.3 Å². The average Bonchev–Trinajstić information content (AvgIpc) is 2.97. The molecule has 1 N–H and O–H groups in total. The van der Waals surface area contributed by atoms with E-state index in [1.54, 1.807) is 38.4 Å². The molecule has 8 nitrogen and oxygen atoms in total. The third-order valence-corrected chi connectivity index (χ3v) is 7.33. The van der Waals surface area contributed by atoms with Gasteiger partial charge in [0, 0.05) is 75.1 Å². The van der Waals surface area contributed by atoms with Gasteiger partial charge in [-0.3, -0.25) is 14.7 Å². The molecule has 0 fully saturated rings. The van der Waals surface area contributed by atoms with E-state index in [0.29, 0.717) is 22.8 Å². The van der Waals surface area contributed by atoms with E-state index in [0.717, 1.165) is 36.3 Å². The van der Waals surface area contributed by atoms with E-state index in [9.17, 15) is 10.1 Å². The molecule has 1 aliphatic rings. The SMILES string of the molecule is CNc1ncc(-c2ccnc(C)c2/C=C(\C)C(C)N2CC=C(c3ccc(C(=O)N(C)C)cc3)CC2)c(C#N)n1. The molecule has 4 rings (SSSR count). The minimum absolute atomic E-state index is 0.0137. The number of hydrogen-bond donors (Lipinski definition) is 1. The molecule has 3 heterocycles. The van der Waals surface area contributed by atoms with Crippen LogP contribution in [0, 0.1) is 18.3 Å². The largest absolute Gasteiger partial charge is 0.357 e. The van der Waals surface area contributed by atoms with Crippen LogP contribution in [0.5, 0.6) is 0 Å². The Kier molecular flexibility index (Phi) is 8.52. The molecule has 0 bridgehead atoms. The molecular formula is C31H35N7O. The van der Waals surface area contributed by atoms with Gasteiger partial charge in [0.1, 0.15) is 6.07 Å². The highest BCUT2D eigenvalue weighted by Crippen LogP contribution is 2.31. The summed E-state index contributed by atoms with van der Waals surface area (Å²) in [4.78, 5) is 29.5. The maximum Gasteiger partial charge on any atom is 0.253 e. The highest BCUT2D eigenvalue weighted by Gasteiger charge is 2.21. The van der Waals surface area contributed by atoms with Crippen molar-refractivity contribution in [2.24, 2.45) is 0 Å². The molecule has 39 heavy (non-hydrogen) atoms. The molecule has 0 radical (unpaired) electrons. The Morgan fingerprint density at radius 1 is 1.18 bits per heavy atom. The third kappa shape index (κ3) is 6.05. The van der Waals surface area contributed by atoms with Gasteiger partial charge in [0.05, 0.1) is 0 Å². The fourth-order valence-corrected chi connectivity index (χ4v) is 4.80. The Morgan fingerprint density at radius 2 is 1.92 bits per heavy atom. The van der Waals surface area contributed by atoms with Crippen molar-refractivity contribution in [2.75, 3.05) is 39.5 Å². The topological polar surface area (TPSA) is 98.0 Å². The zero-order chi connectivity index (χ0) is 28.1. The van der Waals surface area contributed by atoms with Gasteiger partial charge in [0.25, 0.3) is 5.91 Å². The zero-order valence-electron chi connectivity index (χ0n) is 23.5. The molecule has 1 aliphatic heterocycles. The second-order valence-corrected chi connectivity index (χ2v) is 9.99. The lowest BCUT2D eigenvalue weighted by Crippen LogP contribution is -2.37. The van der Waals surface area contributed by atoms with Gasteiger partial charge in [-0.1, -0.05) is 29.9 Å².